The van der Waals surface area contributed by atoms with Gasteiger partial charge in [-0.05, 0) is 43.5 Å². The van der Waals surface area contributed by atoms with E-state index in [0.29, 0.717) is 0 Å². The first-order valence-electron chi connectivity index (χ1n) is 6.04. The minimum absolute atomic E-state index is 1.10. The molecule has 0 saturated heterocycles. The van der Waals surface area contributed by atoms with Crippen molar-refractivity contribution in [2.24, 2.45) is 0 Å². The molecule has 1 rings (SSSR count). The van der Waals surface area contributed by atoms with Crippen LogP contribution in [0.25, 0.3) is 0 Å². The molecule has 0 aliphatic heterocycles. The number of nitrogens with one attached hydrogen (secondary N) is 1. The quantitative estimate of drug-likeness (QED) is 0.683. The van der Waals surface area contributed by atoms with Gasteiger partial charge in [-0.15, -0.1) is 0 Å². The van der Waals surface area contributed by atoms with Crippen molar-refractivity contribution < 1.29 is 0 Å². The molecule has 1 heteroatoms. The Labute approximate surface area is 93.9 Å². The Kier molecular flexibility index (Phi) is 5.23. The van der Waals surface area contributed by atoms with E-state index < -0.39 is 0 Å². The summed E-state index contributed by atoms with van der Waals surface area (Å²) in [6.07, 6.45) is 5.28. The molecule has 0 heterocycles. The lowest BCUT2D eigenvalue weighted by Gasteiger charge is -2.08. The van der Waals surface area contributed by atoms with Gasteiger partial charge in [-0.25, -0.2) is 0 Å². The molecule has 0 atom stereocenters. The molecule has 1 aromatic carbocycles. The molecule has 0 fully saturated rings. The van der Waals surface area contributed by atoms with Crippen LogP contribution in [0.5, 0.6) is 0 Å². The van der Waals surface area contributed by atoms with Gasteiger partial charge in [-0.2, -0.15) is 0 Å². The lowest BCUT2D eigenvalue weighted by Crippen LogP contribution is -2.01. The smallest absolute Gasteiger partial charge is 0.0345 e. The van der Waals surface area contributed by atoms with Crippen LogP contribution in [0.2, 0.25) is 0 Å². The Morgan fingerprint density at radius 3 is 2.20 bits per heavy atom. The Hall–Kier alpha value is -0.980. The summed E-state index contributed by atoms with van der Waals surface area (Å²) in [5.74, 6) is 0. The highest BCUT2D eigenvalue weighted by molar-refractivity contribution is 5.48. The third-order valence-corrected chi connectivity index (χ3v) is 2.58. The standard InChI is InChI=1S/C14H23N/c1-4-5-6-7-8-15-14-10-12(2)9-13(3)11-14/h9-11,15H,4-8H2,1-3H3. The van der Waals surface area contributed by atoms with Gasteiger partial charge < -0.3 is 5.32 Å². The van der Waals surface area contributed by atoms with E-state index in [1.807, 2.05) is 0 Å². The third kappa shape index (κ3) is 4.87. The number of hydrogen-bond donors (Lipinski definition) is 1. The highest BCUT2D eigenvalue weighted by Gasteiger charge is 1.94. The monoisotopic (exact) mass is 205 g/mol. The molecule has 1 nitrogen and oxygen atoms in total. The van der Waals surface area contributed by atoms with Crippen LogP contribution in [0.4, 0.5) is 5.69 Å². The number of anilines is 1. The Balaban J connectivity index is 2.31. The Morgan fingerprint density at radius 2 is 1.60 bits per heavy atom. The van der Waals surface area contributed by atoms with Crippen molar-refractivity contribution in [3.8, 4) is 0 Å². The maximum atomic E-state index is 3.49. The van der Waals surface area contributed by atoms with Crippen molar-refractivity contribution in [3.05, 3.63) is 29.3 Å². The number of unbranched alkanes of at least 4 members (excludes halogenated alkanes) is 3. The van der Waals surface area contributed by atoms with Gasteiger partial charge in [0.2, 0.25) is 0 Å². The van der Waals surface area contributed by atoms with E-state index in [2.05, 4.69) is 44.3 Å². The van der Waals surface area contributed by atoms with Gasteiger partial charge in [-0.1, -0.05) is 32.3 Å². The molecular formula is C14H23N. The summed E-state index contributed by atoms with van der Waals surface area (Å²) in [4.78, 5) is 0. The van der Waals surface area contributed by atoms with Crippen LogP contribution in [0.1, 0.15) is 43.7 Å². The summed E-state index contributed by atoms with van der Waals surface area (Å²) < 4.78 is 0. The summed E-state index contributed by atoms with van der Waals surface area (Å²) in [5.41, 5.74) is 3.95. The number of hydrogen-bond acceptors (Lipinski definition) is 1. The molecule has 0 amide bonds. The van der Waals surface area contributed by atoms with Crippen molar-refractivity contribution in [1.82, 2.24) is 0 Å². The van der Waals surface area contributed by atoms with Crippen LogP contribution in [0.15, 0.2) is 18.2 Å². The van der Waals surface area contributed by atoms with E-state index in [1.165, 1.54) is 42.5 Å². The lowest BCUT2D eigenvalue weighted by atomic mass is 10.1. The van der Waals surface area contributed by atoms with Crippen molar-refractivity contribution in [3.63, 3.8) is 0 Å². The summed E-state index contributed by atoms with van der Waals surface area (Å²) in [5, 5.41) is 3.49. The average Bonchev–Trinajstić information content (AvgIpc) is 2.16. The van der Waals surface area contributed by atoms with Crippen molar-refractivity contribution in [2.75, 3.05) is 11.9 Å². The van der Waals surface area contributed by atoms with Gasteiger partial charge in [0.25, 0.3) is 0 Å². The molecule has 1 aromatic rings. The van der Waals surface area contributed by atoms with Gasteiger partial charge in [0.1, 0.15) is 0 Å². The predicted octanol–water partition coefficient (Wildman–Crippen LogP) is 4.30. The number of benzene rings is 1. The fourth-order valence-corrected chi connectivity index (χ4v) is 1.86. The average molecular weight is 205 g/mol. The van der Waals surface area contributed by atoms with E-state index in [-0.39, 0.29) is 0 Å². The van der Waals surface area contributed by atoms with Gasteiger partial charge >= 0.3 is 0 Å². The molecule has 1 N–H and O–H groups in total. The van der Waals surface area contributed by atoms with Crippen LogP contribution in [-0.4, -0.2) is 6.54 Å². The van der Waals surface area contributed by atoms with Crippen molar-refractivity contribution in [2.45, 2.75) is 46.5 Å². The van der Waals surface area contributed by atoms with Crippen LogP contribution in [-0.2, 0) is 0 Å². The zero-order valence-corrected chi connectivity index (χ0v) is 10.3. The maximum Gasteiger partial charge on any atom is 0.0345 e. The lowest BCUT2D eigenvalue weighted by molar-refractivity contribution is 0.685. The SMILES string of the molecule is CCCCCCNc1cc(C)cc(C)c1. The summed E-state index contributed by atoms with van der Waals surface area (Å²) in [6.45, 7) is 7.64. The van der Waals surface area contributed by atoms with Gasteiger partial charge in [0, 0.05) is 12.2 Å². The molecule has 0 aromatic heterocycles. The second kappa shape index (κ2) is 6.49. The first kappa shape index (κ1) is 12.1. The molecule has 0 unspecified atom stereocenters. The van der Waals surface area contributed by atoms with Gasteiger partial charge in [0.05, 0.1) is 0 Å². The predicted molar refractivity (Wildman–Crippen MR) is 68.5 cm³/mol. The minimum atomic E-state index is 1.10. The van der Waals surface area contributed by atoms with E-state index in [9.17, 15) is 0 Å². The summed E-state index contributed by atoms with van der Waals surface area (Å²) in [6, 6.07) is 6.64. The molecular weight excluding hydrogens is 182 g/mol. The number of rotatable bonds is 6. The van der Waals surface area contributed by atoms with E-state index in [0.717, 1.165) is 6.54 Å². The highest BCUT2D eigenvalue weighted by atomic mass is 14.9. The molecule has 0 radical (unpaired) electrons. The van der Waals surface area contributed by atoms with Gasteiger partial charge in [-0.3, -0.25) is 0 Å². The van der Waals surface area contributed by atoms with E-state index in [1.54, 1.807) is 0 Å². The third-order valence-electron chi connectivity index (χ3n) is 2.58. The molecule has 0 aliphatic carbocycles. The first-order chi connectivity index (χ1) is 7.22. The van der Waals surface area contributed by atoms with Crippen LogP contribution in [0, 0.1) is 13.8 Å². The summed E-state index contributed by atoms with van der Waals surface area (Å²) in [7, 11) is 0. The van der Waals surface area contributed by atoms with E-state index >= 15 is 0 Å². The zero-order valence-electron chi connectivity index (χ0n) is 10.3. The molecule has 15 heavy (non-hydrogen) atoms. The second-order valence-electron chi connectivity index (χ2n) is 4.36. The second-order valence-corrected chi connectivity index (χ2v) is 4.36. The normalized spacial score (nSPS) is 10.3. The summed E-state index contributed by atoms with van der Waals surface area (Å²) >= 11 is 0. The Morgan fingerprint density at radius 1 is 0.933 bits per heavy atom. The zero-order chi connectivity index (χ0) is 11.1. The Bertz CT molecular complexity index is 271. The van der Waals surface area contributed by atoms with Crippen LogP contribution in [0.3, 0.4) is 0 Å². The topological polar surface area (TPSA) is 12.0 Å². The molecule has 84 valence electrons. The van der Waals surface area contributed by atoms with Crippen molar-refractivity contribution >= 4 is 5.69 Å². The fourth-order valence-electron chi connectivity index (χ4n) is 1.86. The molecule has 0 aliphatic rings. The first-order valence-corrected chi connectivity index (χ1v) is 6.04. The molecule has 0 spiro atoms. The molecule has 0 bridgehead atoms. The largest absolute Gasteiger partial charge is 0.385 e. The molecule has 0 saturated carbocycles. The highest BCUT2D eigenvalue weighted by Crippen LogP contribution is 2.13. The minimum Gasteiger partial charge on any atom is -0.385 e. The maximum absolute atomic E-state index is 3.49. The van der Waals surface area contributed by atoms with E-state index in [4.69, 9.17) is 0 Å². The number of aryl methyl sites for hydroxylation is 2. The fraction of sp³-hybridized carbons (Fsp3) is 0.571. The van der Waals surface area contributed by atoms with Gasteiger partial charge in [0.15, 0.2) is 0 Å². The van der Waals surface area contributed by atoms with Crippen LogP contribution < -0.4 is 5.32 Å². The van der Waals surface area contributed by atoms with Crippen molar-refractivity contribution in [1.29, 1.82) is 0 Å². The van der Waals surface area contributed by atoms with Crippen LogP contribution >= 0.6 is 0 Å².